The number of hydrogen-bond acceptors (Lipinski definition) is 4. The summed E-state index contributed by atoms with van der Waals surface area (Å²) in [5.41, 5.74) is 0. The molecule has 0 aromatic heterocycles. The van der Waals surface area contributed by atoms with E-state index in [4.69, 9.17) is 9.47 Å². The molecule has 0 radical (unpaired) electrons. The molecule has 1 rings (SSSR count). The first-order valence-corrected chi connectivity index (χ1v) is 2.64. The van der Waals surface area contributed by atoms with Crippen LogP contribution in [-0.4, -0.2) is 31.0 Å². The van der Waals surface area contributed by atoms with E-state index in [1.807, 2.05) is 0 Å². The van der Waals surface area contributed by atoms with Crippen LogP contribution in [0.1, 0.15) is 0 Å². The summed E-state index contributed by atoms with van der Waals surface area (Å²) in [6, 6.07) is 0. The van der Waals surface area contributed by atoms with Gasteiger partial charge < -0.3 is 9.47 Å². The summed E-state index contributed by atoms with van der Waals surface area (Å²) in [5.74, 6) is 0. The fourth-order valence-electron chi connectivity index (χ4n) is 0.634. The number of hydrogen-bond donors (Lipinski definition) is 0. The van der Waals surface area contributed by atoms with Gasteiger partial charge in [0, 0.05) is 4.92 Å². The van der Waals surface area contributed by atoms with E-state index in [-0.39, 0.29) is 6.54 Å². The summed E-state index contributed by atoms with van der Waals surface area (Å²) >= 11 is 0. The monoisotopic (exact) mass is 133 g/mol. The Kier molecular flexibility index (Phi) is 1.96. The molecular weight excluding hydrogens is 126 g/mol. The van der Waals surface area contributed by atoms with Gasteiger partial charge in [0.1, 0.15) is 0 Å². The Morgan fingerprint density at radius 2 is 2.11 bits per heavy atom. The molecule has 1 aliphatic rings. The van der Waals surface area contributed by atoms with Gasteiger partial charge in [0.25, 0.3) is 6.54 Å². The summed E-state index contributed by atoms with van der Waals surface area (Å²) in [6.45, 7) is 0.691. The second-order valence-corrected chi connectivity index (χ2v) is 1.69. The van der Waals surface area contributed by atoms with Crippen molar-refractivity contribution in [3.05, 3.63) is 10.1 Å². The fraction of sp³-hybridized carbons (Fsp3) is 1.00. The maximum atomic E-state index is 9.80. The van der Waals surface area contributed by atoms with Gasteiger partial charge in [0.2, 0.25) is 6.29 Å². The van der Waals surface area contributed by atoms with Crippen molar-refractivity contribution < 1.29 is 14.4 Å². The minimum Gasteiger partial charge on any atom is -0.344 e. The van der Waals surface area contributed by atoms with Crippen molar-refractivity contribution in [1.82, 2.24) is 0 Å². The molecule has 1 aliphatic heterocycles. The molecule has 0 unspecified atom stereocenters. The Morgan fingerprint density at radius 1 is 1.56 bits per heavy atom. The quantitative estimate of drug-likeness (QED) is 0.381. The van der Waals surface area contributed by atoms with Crippen LogP contribution >= 0.6 is 0 Å². The largest absolute Gasteiger partial charge is 0.344 e. The van der Waals surface area contributed by atoms with Crippen molar-refractivity contribution in [2.75, 3.05) is 19.8 Å². The lowest BCUT2D eigenvalue weighted by Crippen LogP contribution is -2.19. The number of nitro groups is 1. The van der Waals surface area contributed by atoms with Gasteiger partial charge in [0.05, 0.1) is 13.2 Å². The summed E-state index contributed by atoms with van der Waals surface area (Å²) in [4.78, 5) is 9.35. The molecule has 0 aliphatic carbocycles. The van der Waals surface area contributed by atoms with Crippen LogP contribution in [0.3, 0.4) is 0 Å². The molecule has 0 N–H and O–H groups in total. The Morgan fingerprint density at radius 3 is 2.56 bits per heavy atom. The maximum Gasteiger partial charge on any atom is 0.254 e. The van der Waals surface area contributed by atoms with Crippen molar-refractivity contribution in [2.45, 2.75) is 6.29 Å². The SMILES string of the molecule is O=[N+]([O-])CC1OCCO1. The van der Waals surface area contributed by atoms with E-state index in [1.54, 1.807) is 0 Å². The lowest BCUT2D eigenvalue weighted by Gasteiger charge is -2.00. The van der Waals surface area contributed by atoms with Crippen LogP contribution in [0.15, 0.2) is 0 Å². The Labute approximate surface area is 51.7 Å². The zero-order valence-electron chi connectivity index (χ0n) is 4.78. The third-order valence-corrected chi connectivity index (χ3v) is 0.989. The second kappa shape index (κ2) is 2.75. The zero-order valence-corrected chi connectivity index (χ0v) is 4.78. The normalized spacial score (nSPS) is 20.4. The highest BCUT2D eigenvalue weighted by Gasteiger charge is 2.20. The molecule has 1 saturated heterocycles. The third kappa shape index (κ3) is 1.95. The second-order valence-electron chi connectivity index (χ2n) is 1.69. The molecule has 52 valence electrons. The smallest absolute Gasteiger partial charge is 0.254 e. The lowest BCUT2D eigenvalue weighted by molar-refractivity contribution is -0.500. The van der Waals surface area contributed by atoms with Gasteiger partial charge in [-0.3, -0.25) is 10.1 Å². The van der Waals surface area contributed by atoms with Crippen molar-refractivity contribution >= 4 is 0 Å². The van der Waals surface area contributed by atoms with Gasteiger partial charge in [-0.25, -0.2) is 0 Å². The number of nitrogens with zero attached hydrogens (tertiary/aromatic N) is 1. The van der Waals surface area contributed by atoms with Gasteiger partial charge in [0.15, 0.2) is 0 Å². The predicted octanol–water partition coefficient (Wildman–Crippen LogP) is -0.364. The van der Waals surface area contributed by atoms with E-state index in [1.165, 1.54) is 0 Å². The van der Waals surface area contributed by atoms with Crippen LogP contribution in [0, 0.1) is 10.1 Å². The molecule has 1 heterocycles. The fourth-order valence-corrected chi connectivity index (χ4v) is 0.634. The van der Waals surface area contributed by atoms with Gasteiger partial charge in [-0.15, -0.1) is 0 Å². The molecule has 9 heavy (non-hydrogen) atoms. The molecule has 0 spiro atoms. The van der Waals surface area contributed by atoms with Crippen LogP contribution in [0.2, 0.25) is 0 Å². The van der Waals surface area contributed by atoms with Crippen molar-refractivity contribution in [1.29, 1.82) is 0 Å². The van der Waals surface area contributed by atoms with Crippen LogP contribution in [-0.2, 0) is 9.47 Å². The average Bonchev–Trinajstić information content (AvgIpc) is 2.15. The number of rotatable bonds is 2. The highest BCUT2D eigenvalue weighted by Crippen LogP contribution is 2.02. The van der Waals surface area contributed by atoms with Crippen LogP contribution in [0.25, 0.3) is 0 Å². The summed E-state index contributed by atoms with van der Waals surface area (Å²) in [5, 5.41) is 9.80. The molecule has 0 aromatic rings. The molecule has 0 amide bonds. The standard InChI is InChI=1S/C4H7NO4/c6-5(7)3-4-8-1-2-9-4/h4H,1-3H2. The average molecular weight is 133 g/mol. The van der Waals surface area contributed by atoms with E-state index in [0.29, 0.717) is 13.2 Å². The minimum absolute atomic E-state index is 0.250. The summed E-state index contributed by atoms with van der Waals surface area (Å²) in [7, 11) is 0. The first-order valence-electron chi connectivity index (χ1n) is 2.64. The van der Waals surface area contributed by atoms with Gasteiger partial charge in [-0.2, -0.15) is 0 Å². The highest BCUT2D eigenvalue weighted by molar-refractivity contribution is 4.47. The van der Waals surface area contributed by atoms with E-state index in [9.17, 15) is 10.1 Å². The maximum absolute atomic E-state index is 9.80. The zero-order chi connectivity index (χ0) is 6.69. The van der Waals surface area contributed by atoms with Crippen LogP contribution in [0.5, 0.6) is 0 Å². The van der Waals surface area contributed by atoms with Crippen molar-refractivity contribution in [3.8, 4) is 0 Å². The Bertz CT molecular complexity index is 109. The lowest BCUT2D eigenvalue weighted by atomic mass is 10.6. The Balaban J connectivity index is 2.19. The molecule has 5 heteroatoms. The molecule has 1 fully saturated rings. The predicted molar refractivity (Wildman–Crippen MR) is 27.6 cm³/mol. The summed E-state index contributed by atoms with van der Waals surface area (Å²) in [6.07, 6.45) is -0.611. The molecule has 0 aromatic carbocycles. The van der Waals surface area contributed by atoms with E-state index < -0.39 is 11.2 Å². The highest BCUT2D eigenvalue weighted by atomic mass is 16.7. The van der Waals surface area contributed by atoms with Crippen molar-refractivity contribution in [2.24, 2.45) is 0 Å². The van der Waals surface area contributed by atoms with Gasteiger partial charge >= 0.3 is 0 Å². The first kappa shape index (κ1) is 6.44. The van der Waals surface area contributed by atoms with Crippen LogP contribution < -0.4 is 0 Å². The molecule has 0 bridgehead atoms. The Hall–Kier alpha value is -0.680. The van der Waals surface area contributed by atoms with E-state index >= 15 is 0 Å². The molecular formula is C4H7NO4. The topological polar surface area (TPSA) is 61.6 Å². The molecule has 0 atom stereocenters. The third-order valence-electron chi connectivity index (χ3n) is 0.989. The van der Waals surface area contributed by atoms with Gasteiger partial charge in [-0.1, -0.05) is 0 Å². The van der Waals surface area contributed by atoms with Crippen molar-refractivity contribution in [3.63, 3.8) is 0 Å². The van der Waals surface area contributed by atoms with Gasteiger partial charge in [-0.05, 0) is 0 Å². The number of ether oxygens (including phenoxy) is 2. The van der Waals surface area contributed by atoms with E-state index in [2.05, 4.69) is 0 Å². The minimum atomic E-state index is -0.611. The molecule has 0 saturated carbocycles. The molecule has 5 nitrogen and oxygen atoms in total. The van der Waals surface area contributed by atoms with Crippen LogP contribution in [0.4, 0.5) is 0 Å². The van der Waals surface area contributed by atoms with E-state index in [0.717, 1.165) is 0 Å². The first-order chi connectivity index (χ1) is 4.29. The summed E-state index contributed by atoms with van der Waals surface area (Å²) < 4.78 is 9.60.